The van der Waals surface area contributed by atoms with Crippen LogP contribution in [0.1, 0.15) is 31.7 Å². The van der Waals surface area contributed by atoms with E-state index in [4.69, 9.17) is 0 Å². The molecule has 1 aliphatic carbocycles. The number of nitrogens with one attached hydrogen (secondary N) is 2. The van der Waals surface area contributed by atoms with Gasteiger partial charge in [0.25, 0.3) is 0 Å². The molecule has 1 aromatic carbocycles. The van der Waals surface area contributed by atoms with E-state index in [1.165, 1.54) is 0 Å². The minimum Gasteiger partial charge on any atom is -0.383 e. The number of hydrogen-bond donors (Lipinski definition) is 3. The Morgan fingerprint density at radius 3 is 2.48 bits per heavy atom. The van der Waals surface area contributed by atoms with E-state index < -0.39 is 6.10 Å². The summed E-state index contributed by atoms with van der Waals surface area (Å²) in [5.74, 6) is -0.234. The Morgan fingerprint density at radius 1 is 1.20 bits per heavy atom. The fourth-order valence-corrected chi connectivity index (χ4v) is 3.49. The first-order valence-corrected chi connectivity index (χ1v) is 9.13. The van der Waals surface area contributed by atoms with Gasteiger partial charge in [0, 0.05) is 25.0 Å². The summed E-state index contributed by atoms with van der Waals surface area (Å²) in [6.45, 7) is 3.97. The molecule has 3 N–H and O–H groups in total. The number of benzene rings is 1. The highest BCUT2D eigenvalue weighted by Gasteiger charge is 2.37. The van der Waals surface area contributed by atoms with Gasteiger partial charge in [0.05, 0.1) is 6.04 Å². The molecule has 0 bridgehead atoms. The summed E-state index contributed by atoms with van der Waals surface area (Å²) in [5.41, 5.74) is 0.935. The standard InChI is InChI=1S/C19H27N3O3/c1-2-22-9-8-16(22)18(24)20-14-11-15(12-14)21-19(25)17(23)10-13-6-4-3-5-7-13/h3-7,14-17,23H,2,8-12H2,1H3,(H,20,24)(H,21,25). The van der Waals surface area contributed by atoms with Crippen molar-refractivity contribution in [3.63, 3.8) is 0 Å². The number of rotatable bonds is 7. The number of aliphatic hydroxyl groups excluding tert-OH is 1. The molecule has 136 valence electrons. The van der Waals surface area contributed by atoms with E-state index >= 15 is 0 Å². The normalized spacial score (nSPS) is 26.9. The van der Waals surface area contributed by atoms with E-state index in [0.717, 1.165) is 37.9 Å². The second-order valence-corrected chi connectivity index (χ2v) is 7.02. The molecular formula is C19H27N3O3. The van der Waals surface area contributed by atoms with Gasteiger partial charge < -0.3 is 15.7 Å². The molecule has 0 spiro atoms. The number of hydrogen-bond acceptors (Lipinski definition) is 4. The first-order valence-electron chi connectivity index (χ1n) is 9.13. The van der Waals surface area contributed by atoms with Crippen LogP contribution in [0.3, 0.4) is 0 Å². The molecule has 2 amide bonds. The monoisotopic (exact) mass is 345 g/mol. The van der Waals surface area contributed by atoms with Crippen LogP contribution < -0.4 is 10.6 Å². The predicted molar refractivity (Wildman–Crippen MR) is 94.9 cm³/mol. The molecule has 1 heterocycles. The fraction of sp³-hybridized carbons (Fsp3) is 0.579. The second kappa shape index (κ2) is 7.97. The van der Waals surface area contributed by atoms with E-state index in [1.807, 2.05) is 30.3 Å². The quantitative estimate of drug-likeness (QED) is 0.670. The Bertz CT molecular complexity index is 599. The zero-order chi connectivity index (χ0) is 17.8. The number of carbonyl (C=O) groups excluding carboxylic acids is 2. The third kappa shape index (κ3) is 4.38. The van der Waals surface area contributed by atoms with Gasteiger partial charge in [0.2, 0.25) is 11.8 Å². The molecular weight excluding hydrogens is 318 g/mol. The maximum atomic E-state index is 12.2. The minimum atomic E-state index is -1.04. The van der Waals surface area contributed by atoms with Crippen molar-refractivity contribution in [1.29, 1.82) is 0 Å². The number of nitrogens with zero attached hydrogens (tertiary/aromatic N) is 1. The van der Waals surface area contributed by atoms with Crippen molar-refractivity contribution in [2.75, 3.05) is 13.1 Å². The van der Waals surface area contributed by atoms with Crippen molar-refractivity contribution in [1.82, 2.24) is 15.5 Å². The van der Waals surface area contributed by atoms with Crippen molar-refractivity contribution in [3.05, 3.63) is 35.9 Å². The summed E-state index contributed by atoms with van der Waals surface area (Å²) in [6.07, 6.45) is 1.67. The van der Waals surface area contributed by atoms with E-state index in [0.29, 0.717) is 6.42 Å². The maximum absolute atomic E-state index is 12.2. The average Bonchev–Trinajstić information content (AvgIpc) is 2.53. The van der Waals surface area contributed by atoms with Crippen LogP contribution >= 0.6 is 0 Å². The average molecular weight is 345 g/mol. The van der Waals surface area contributed by atoms with Gasteiger partial charge >= 0.3 is 0 Å². The third-order valence-electron chi connectivity index (χ3n) is 5.24. The van der Waals surface area contributed by atoms with Crippen molar-refractivity contribution in [2.45, 2.75) is 56.8 Å². The molecule has 25 heavy (non-hydrogen) atoms. The van der Waals surface area contributed by atoms with E-state index in [1.54, 1.807) is 0 Å². The van der Waals surface area contributed by atoms with Crippen molar-refractivity contribution in [2.24, 2.45) is 0 Å². The Labute approximate surface area is 148 Å². The molecule has 6 nitrogen and oxygen atoms in total. The van der Waals surface area contributed by atoms with Gasteiger partial charge in [-0.3, -0.25) is 14.5 Å². The molecule has 0 aromatic heterocycles. The molecule has 1 saturated heterocycles. The lowest BCUT2D eigenvalue weighted by Crippen LogP contribution is -2.61. The number of likely N-dealkylation sites (N-methyl/N-ethyl adjacent to an activating group) is 1. The Hall–Kier alpha value is -1.92. The van der Waals surface area contributed by atoms with Crippen LogP contribution in [0.15, 0.2) is 30.3 Å². The van der Waals surface area contributed by atoms with Gasteiger partial charge in [-0.15, -0.1) is 0 Å². The molecule has 6 heteroatoms. The van der Waals surface area contributed by atoms with Gasteiger partial charge in [0.1, 0.15) is 6.10 Å². The highest BCUT2D eigenvalue weighted by atomic mass is 16.3. The lowest BCUT2D eigenvalue weighted by atomic mass is 9.86. The first kappa shape index (κ1) is 17.9. The minimum absolute atomic E-state index is 0.0198. The van der Waals surface area contributed by atoms with Gasteiger partial charge in [-0.1, -0.05) is 37.3 Å². The highest BCUT2D eigenvalue weighted by molar-refractivity contribution is 5.83. The summed E-state index contributed by atoms with van der Waals surface area (Å²) >= 11 is 0. The van der Waals surface area contributed by atoms with Gasteiger partial charge in [-0.25, -0.2) is 0 Å². The fourth-order valence-electron chi connectivity index (χ4n) is 3.49. The predicted octanol–water partition coefficient (Wildman–Crippen LogP) is 0.448. The van der Waals surface area contributed by atoms with Crippen molar-refractivity contribution < 1.29 is 14.7 Å². The van der Waals surface area contributed by atoms with Crippen LogP contribution in [0, 0.1) is 0 Å². The van der Waals surface area contributed by atoms with Crippen LogP contribution in [0.25, 0.3) is 0 Å². The SMILES string of the molecule is CCN1CCC1C(=O)NC1CC(NC(=O)C(O)Cc2ccccc2)C1. The lowest BCUT2D eigenvalue weighted by Gasteiger charge is -2.42. The van der Waals surface area contributed by atoms with Crippen molar-refractivity contribution >= 4 is 11.8 Å². The van der Waals surface area contributed by atoms with E-state index in [9.17, 15) is 14.7 Å². The van der Waals surface area contributed by atoms with Gasteiger partial charge in [-0.05, 0) is 31.4 Å². The molecule has 1 aromatic rings. The summed E-state index contributed by atoms with van der Waals surface area (Å²) in [7, 11) is 0. The first-order chi connectivity index (χ1) is 12.1. The second-order valence-electron chi connectivity index (χ2n) is 7.02. The van der Waals surface area contributed by atoms with Gasteiger partial charge in [-0.2, -0.15) is 0 Å². The van der Waals surface area contributed by atoms with E-state index in [2.05, 4.69) is 22.5 Å². The number of aliphatic hydroxyl groups is 1. The zero-order valence-corrected chi connectivity index (χ0v) is 14.6. The molecule has 2 aliphatic rings. The Kier molecular flexibility index (Phi) is 5.71. The smallest absolute Gasteiger partial charge is 0.249 e. The molecule has 1 aliphatic heterocycles. The third-order valence-corrected chi connectivity index (χ3v) is 5.24. The summed E-state index contributed by atoms with van der Waals surface area (Å²) in [4.78, 5) is 26.4. The van der Waals surface area contributed by atoms with Crippen LogP contribution in [0.4, 0.5) is 0 Å². The molecule has 3 rings (SSSR count). The number of amides is 2. The molecule has 2 fully saturated rings. The highest BCUT2D eigenvalue weighted by Crippen LogP contribution is 2.22. The summed E-state index contributed by atoms with van der Waals surface area (Å²) < 4.78 is 0. The van der Waals surface area contributed by atoms with Crippen LogP contribution in [0.5, 0.6) is 0 Å². The Balaban J connectivity index is 1.35. The molecule has 0 radical (unpaired) electrons. The summed E-state index contributed by atoms with van der Waals surface area (Å²) in [5, 5.41) is 16.0. The van der Waals surface area contributed by atoms with Crippen LogP contribution in [0.2, 0.25) is 0 Å². The van der Waals surface area contributed by atoms with Crippen molar-refractivity contribution in [3.8, 4) is 0 Å². The largest absolute Gasteiger partial charge is 0.383 e. The molecule has 2 unspecified atom stereocenters. The topological polar surface area (TPSA) is 81.7 Å². The maximum Gasteiger partial charge on any atom is 0.249 e. The molecule has 2 atom stereocenters. The summed E-state index contributed by atoms with van der Waals surface area (Å²) in [6, 6.07) is 9.66. The Morgan fingerprint density at radius 2 is 1.88 bits per heavy atom. The lowest BCUT2D eigenvalue weighted by molar-refractivity contribution is -0.132. The van der Waals surface area contributed by atoms with E-state index in [-0.39, 0.29) is 29.9 Å². The van der Waals surface area contributed by atoms with Crippen LogP contribution in [-0.2, 0) is 16.0 Å². The number of carbonyl (C=O) groups is 2. The zero-order valence-electron chi connectivity index (χ0n) is 14.6. The van der Waals surface area contributed by atoms with Gasteiger partial charge in [0.15, 0.2) is 0 Å². The molecule has 1 saturated carbocycles. The number of likely N-dealkylation sites (tertiary alicyclic amines) is 1. The van der Waals surface area contributed by atoms with Crippen LogP contribution in [-0.4, -0.2) is 59.1 Å².